The molecule has 0 amide bonds. The fraction of sp³-hybridized carbons (Fsp3) is 0.417. The molecule has 1 fully saturated rings. The fourth-order valence-corrected chi connectivity index (χ4v) is 3.74. The molecule has 0 spiro atoms. The van der Waals surface area contributed by atoms with Crippen molar-refractivity contribution in [2.75, 3.05) is 13.1 Å². The first-order valence-electron chi connectivity index (χ1n) is 5.75. The van der Waals surface area contributed by atoms with Crippen molar-refractivity contribution in [3.8, 4) is 0 Å². The number of nitrogens with zero attached hydrogens (tertiary/aromatic N) is 1. The van der Waals surface area contributed by atoms with Gasteiger partial charge in [0.25, 0.3) is 0 Å². The molecule has 0 aromatic heterocycles. The number of hydrogen-bond acceptors (Lipinski definition) is 3. The van der Waals surface area contributed by atoms with Crippen molar-refractivity contribution in [1.82, 2.24) is 4.31 Å². The summed E-state index contributed by atoms with van der Waals surface area (Å²) in [6.45, 7) is 0.837. The Balaban J connectivity index is 2.17. The van der Waals surface area contributed by atoms with Crippen LogP contribution in [0.3, 0.4) is 0 Å². The van der Waals surface area contributed by atoms with Crippen molar-refractivity contribution >= 4 is 32.2 Å². The Morgan fingerprint density at radius 1 is 1.17 bits per heavy atom. The average Bonchev–Trinajstić information content (AvgIpc) is 2.39. The van der Waals surface area contributed by atoms with E-state index in [-0.39, 0.29) is 5.92 Å². The number of carbonyl (C=O) groups excluding carboxylic acids is 1. The van der Waals surface area contributed by atoms with Crippen LogP contribution in [0.25, 0.3) is 0 Å². The second-order valence-corrected chi connectivity index (χ2v) is 7.19. The van der Waals surface area contributed by atoms with Gasteiger partial charge >= 0.3 is 0 Å². The lowest BCUT2D eigenvalue weighted by molar-refractivity contribution is -0.112. The molecular weight excluding hydrogens is 318 g/mol. The van der Waals surface area contributed by atoms with Crippen molar-refractivity contribution in [1.29, 1.82) is 0 Å². The van der Waals surface area contributed by atoms with E-state index in [1.807, 2.05) is 0 Å². The number of halogens is 1. The smallest absolute Gasteiger partial charge is 0.243 e. The second-order valence-electron chi connectivity index (χ2n) is 4.33. The Hall–Kier alpha value is -0.720. The fourth-order valence-electron chi connectivity index (χ4n) is 2.01. The summed E-state index contributed by atoms with van der Waals surface area (Å²) in [4.78, 5) is 11.0. The van der Waals surface area contributed by atoms with Crippen molar-refractivity contribution in [2.45, 2.75) is 17.7 Å². The summed E-state index contributed by atoms with van der Waals surface area (Å²) in [5.74, 6) is 0.00127. The number of benzene rings is 1. The molecule has 2 rings (SSSR count). The highest BCUT2D eigenvalue weighted by Crippen LogP contribution is 2.23. The summed E-state index contributed by atoms with van der Waals surface area (Å²) in [6, 6.07) is 6.60. The first-order valence-corrected chi connectivity index (χ1v) is 7.98. The Morgan fingerprint density at radius 2 is 1.72 bits per heavy atom. The zero-order chi connectivity index (χ0) is 13.2. The van der Waals surface area contributed by atoms with Gasteiger partial charge in [-0.05, 0) is 37.1 Å². The van der Waals surface area contributed by atoms with Crippen LogP contribution in [-0.2, 0) is 14.8 Å². The van der Waals surface area contributed by atoms with Gasteiger partial charge in [0.05, 0.1) is 4.90 Å². The van der Waals surface area contributed by atoms with E-state index >= 15 is 0 Å². The number of carbonyl (C=O) groups is 1. The molecule has 1 aliphatic rings. The summed E-state index contributed by atoms with van der Waals surface area (Å²) in [5.41, 5.74) is 0. The molecule has 1 aromatic rings. The molecule has 0 bridgehead atoms. The summed E-state index contributed by atoms with van der Waals surface area (Å²) in [7, 11) is -3.41. The van der Waals surface area contributed by atoms with E-state index in [1.165, 1.54) is 4.31 Å². The van der Waals surface area contributed by atoms with Gasteiger partial charge in [0.2, 0.25) is 10.0 Å². The number of piperidine rings is 1. The van der Waals surface area contributed by atoms with Crippen LogP contribution in [0.1, 0.15) is 12.8 Å². The van der Waals surface area contributed by atoms with E-state index in [2.05, 4.69) is 15.9 Å². The van der Waals surface area contributed by atoms with E-state index in [0.29, 0.717) is 30.8 Å². The summed E-state index contributed by atoms with van der Waals surface area (Å²) >= 11 is 3.28. The molecule has 4 nitrogen and oxygen atoms in total. The Morgan fingerprint density at radius 3 is 2.22 bits per heavy atom. The Kier molecular flexibility index (Phi) is 4.19. The predicted molar refractivity (Wildman–Crippen MR) is 71.7 cm³/mol. The molecule has 18 heavy (non-hydrogen) atoms. The summed E-state index contributed by atoms with van der Waals surface area (Å²) in [5, 5.41) is 0. The highest BCUT2D eigenvalue weighted by atomic mass is 79.9. The van der Waals surface area contributed by atoms with Gasteiger partial charge in [-0.1, -0.05) is 15.9 Å². The lowest BCUT2D eigenvalue weighted by Crippen LogP contribution is -2.38. The van der Waals surface area contributed by atoms with Gasteiger partial charge in [0.1, 0.15) is 6.29 Å². The van der Waals surface area contributed by atoms with Gasteiger partial charge < -0.3 is 4.79 Å². The Bertz CT molecular complexity index is 519. The van der Waals surface area contributed by atoms with E-state index in [1.54, 1.807) is 24.3 Å². The highest BCUT2D eigenvalue weighted by molar-refractivity contribution is 9.10. The maximum absolute atomic E-state index is 12.3. The minimum Gasteiger partial charge on any atom is -0.303 e. The molecule has 98 valence electrons. The van der Waals surface area contributed by atoms with Crippen molar-refractivity contribution in [3.05, 3.63) is 28.7 Å². The zero-order valence-electron chi connectivity index (χ0n) is 9.75. The van der Waals surface area contributed by atoms with Crippen LogP contribution in [-0.4, -0.2) is 32.1 Å². The molecule has 1 aliphatic heterocycles. The molecule has 0 saturated carbocycles. The largest absolute Gasteiger partial charge is 0.303 e. The monoisotopic (exact) mass is 331 g/mol. The molecule has 0 radical (unpaired) electrons. The van der Waals surface area contributed by atoms with Gasteiger partial charge in [-0.25, -0.2) is 8.42 Å². The molecular formula is C12H14BrNO3S. The number of rotatable bonds is 3. The maximum atomic E-state index is 12.3. The van der Waals surface area contributed by atoms with Crippen molar-refractivity contribution < 1.29 is 13.2 Å². The zero-order valence-corrected chi connectivity index (χ0v) is 12.2. The summed E-state index contributed by atoms with van der Waals surface area (Å²) in [6.07, 6.45) is 2.14. The normalized spacial score (nSPS) is 18.7. The minimum atomic E-state index is -3.41. The van der Waals surface area contributed by atoms with E-state index in [9.17, 15) is 13.2 Å². The van der Waals surface area contributed by atoms with Crippen LogP contribution < -0.4 is 0 Å². The molecule has 1 aromatic carbocycles. The third-order valence-corrected chi connectivity index (χ3v) is 5.58. The average molecular weight is 332 g/mol. The quantitative estimate of drug-likeness (QED) is 0.796. The number of hydrogen-bond donors (Lipinski definition) is 0. The predicted octanol–water partition coefficient (Wildman–Crippen LogP) is 2.05. The van der Waals surface area contributed by atoms with Crippen molar-refractivity contribution in [3.63, 3.8) is 0 Å². The van der Waals surface area contributed by atoms with Gasteiger partial charge in [-0.15, -0.1) is 0 Å². The molecule has 1 saturated heterocycles. The van der Waals surface area contributed by atoms with Gasteiger partial charge in [0, 0.05) is 23.5 Å². The third-order valence-electron chi connectivity index (χ3n) is 3.14. The van der Waals surface area contributed by atoms with Crippen LogP contribution in [0.4, 0.5) is 0 Å². The molecule has 6 heteroatoms. The van der Waals surface area contributed by atoms with Gasteiger partial charge in [0.15, 0.2) is 0 Å². The molecule has 0 N–H and O–H groups in total. The van der Waals surface area contributed by atoms with Crippen LogP contribution in [0, 0.1) is 5.92 Å². The third kappa shape index (κ3) is 2.81. The molecule has 0 unspecified atom stereocenters. The standard InChI is InChI=1S/C12H14BrNO3S/c13-11-1-3-12(4-2-11)18(16,17)14-7-5-10(9-15)6-8-14/h1-4,9-10H,5-8H2. The lowest BCUT2D eigenvalue weighted by Gasteiger charge is -2.28. The first kappa shape index (κ1) is 13.7. The highest BCUT2D eigenvalue weighted by Gasteiger charge is 2.28. The number of aldehydes is 1. The second kappa shape index (κ2) is 5.50. The maximum Gasteiger partial charge on any atom is 0.243 e. The van der Waals surface area contributed by atoms with Crippen LogP contribution in [0.15, 0.2) is 33.6 Å². The number of sulfonamides is 1. The summed E-state index contributed by atoms with van der Waals surface area (Å²) < 4.78 is 26.9. The van der Waals surface area contributed by atoms with E-state index < -0.39 is 10.0 Å². The van der Waals surface area contributed by atoms with Crippen LogP contribution in [0.5, 0.6) is 0 Å². The SMILES string of the molecule is O=CC1CCN(S(=O)(=O)c2ccc(Br)cc2)CC1. The lowest BCUT2D eigenvalue weighted by atomic mass is 10.0. The van der Waals surface area contributed by atoms with Gasteiger partial charge in [-0.2, -0.15) is 4.31 Å². The first-order chi connectivity index (χ1) is 8.54. The van der Waals surface area contributed by atoms with E-state index in [4.69, 9.17) is 0 Å². The Labute approximate surface area is 115 Å². The van der Waals surface area contributed by atoms with Crippen molar-refractivity contribution in [2.24, 2.45) is 5.92 Å². The van der Waals surface area contributed by atoms with Crippen LogP contribution >= 0.6 is 15.9 Å². The van der Waals surface area contributed by atoms with E-state index in [0.717, 1.165) is 10.8 Å². The van der Waals surface area contributed by atoms with Crippen LogP contribution in [0.2, 0.25) is 0 Å². The topological polar surface area (TPSA) is 54.5 Å². The molecule has 1 heterocycles. The minimum absolute atomic E-state index is 0.00127. The molecule has 0 atom stereocenters. The molecule has 0 aliphatic carbocycles. The van der Waals surface area contributed by atoms with Gasteiger partial charge in [-0.3, -0.25) is 0 Å².